The third kappa shape index (κ3) is 1.19. The third-order valence-electron chi connectivity index (χ3n) is 4.19. The molecule has 1 saturated heterocycles. The number of amides is 1. The van der Waals surface area contributed by atoms with Crippen LogP contribution in [0.25, 0.3) is 0 Å². The van der Waals surface area contributed by atoms with Crippen molar-refractivity contribution in [2.75, 3.05) is 29.9 Å². The van der Waals surface area contributed by atoms with E-state index >= 15 is 0 Å². The third-order valence-corrected chi connectivity index (χ3v) is 4.19. The summed E-state index contributed by atoms with van der Waals surface area (Å²) in [7, 11) is 0. The molecule has 4 heteroatoms. The Morgan fingerprint density at radius 1 is 1.35 bits per heavy atom. The first-order chi connectivity index (χ1) is 8.34. The van der Waals surface area contributed by atoms with Crippen molar-refractivity contribution >= 4 is 17.3 Å². The summed E-state index contributed by atoms with van der Waals surface area (Å²) in [6.07, 6.45) is 1.13. The molecule has 3 aliphatic heterocycles. The highest BCUT2D eigenvalue weighted by atomic mass is 16.2. The average molecular weight is 229 g/mol. The van der Waals surface area contributed by atoms with Gasteiger partial charge in [-0.25, -0.2) is 0 Å². The number of carbonyl (C=O) groups is 1. The summed E-state index contributed by atoms with van der Waals surface area (Å²) in [6.45, 7) is 2.61. The Morgan fingerprint density at radius 2 is 2.29 bits per heavy atom. The van der Waals surface area contributed by atoms with Crippen LogP contribution in [0.15, 0.2) is 18.2 Å². The summed E-state index contributed by atoms with van der Waals surface area (Å²) in [5.74, 6) is 0.667. The van der Waals surface area contributed by atoms with Crippen LogP contribution in [0.4, 0.5) is 11.4 Å². The lowest BCUT2D eigenvalue weighted by Crippen LogP contribution is -2.48. The zero-order valence-corrected chi connectivity index (χ0v) is 9.57. The maximum atomic E-state index is 11.7. The Bertz CT molecular complexity index is 499. The molecule has 17 heavy (non-hydrogen) atoms. The minimum absolute atomic E-state index is 0.119. The van der Waals surface area contributed by atoms with Gasteiger partial charge in [0.1, 0.15) is 0 Å². The summed E-state index contributed by atoms with van der Waals surface area (Å²) in [4.78, 5) is 14.0. The van der Waals surface area contributed by atoms with Crippen LogP contribution in [0.3, 0.4) is 0 Å². The number of piperidine rings is 1. The molecule has 1 amide bonds. The predicted molar refractivity (Wildman–Crippen MR) is 66.4 cm³/mol. The van der Waals surface area contributed by atoms with Crippen molar-refractivity contribution in [2.45, 2.75) is 18.4 Å². The minimum atomic E-state index is 0.119. The molecular weight excluding hydrogens is 214 g/mol. The topological polar surface area (TPSA) is 44.4 Å². The molecule has 4 rings (SSSR count). The van der Waals surface area contributed by atoms with E-state index in [9.17, 15) is 4.79 Å². The molecule has 0 aliphatic carbocycles. The minimum Gasteiger partial charge on any atom is -0.357 e. The number of anilines is 2. The summed E-state index contributed by atoms with van der Waals surface area (Å²) in [5, 5.41) is 6.44. The van der Waals surface area contributed by atoms with Crippen molar-refractivity contribution in [3.05, 3.63) is 23.8 Å². The maximum absolute atomic E-state index is 11.7. The van der Waals surface area contributed by atoms with Crippen LogP contribution in [-0.4, -0.2) is 31.6 Å². The fourth-order valence-corrected chi connectivity index (χ4v) is 3.52. The van der Waals surface area contributed by atoms with Crippen molar-refractivity contribution in [1.29, 1.82) is 0 Å². The van der Waals surface area contributed by atoms with Crippen molar-refractivity contribution < 1.29 is 4.79 Å². The summed E-state index contributed by atoms with van der Waals surface area (Å²) >= 11 is 0. The number of hydrogen-bond donors (Lipinski definition) is 2. The fraction of sp³-hybridized carbons (Fsp3) is 0.462. The molecule has 88 valence electrons. The van der Waals surface area contributed by atoms with Crippen LogP contribution in [0.5, 0.6) is 0 Å². The highest BCUT2D eigenvalue weighted by molar-refractivity contribution is 6.03. The second kappa shape index (κ2) is 3.23. The number of benzene rings is 1. The number of carbonyl (C=O) groups excluding carboxylic acids is 1. The van der Waals surface area contributed by atoms with E-state index in [4.69, 9.17) is 0 Å². The number of fused-ring (bicyclic) bond motifs is 3. The lowest BCUT2D eigenvalue weighted by molar-refractivity contribution is -0.115. The van der Waals surface area contributed by atoms with Gasteiger partial charge in [0, 0.05) is 18.5 Å². The first-order valence-corrected chi connectivity index (χ1v) is 6.25. The van der Waals surface area contributed by atoms with Gasteiger partial charge in [0.15, 0.2) is 0 Å². The Hall–Kier alpha value is -1.55. The van der Waals surface area contributed by atoms with E-state index in [0.29, 0.717) is 18.5 Å². The highest BCUT2D eigenvalue weighted by Crippen LogP contribution is 2.48. The van der Waals surface area contributed by atoms with Gasteiger partial charge in [-0.05, 0) is 24.6 Å². The van der Waals surface area contributed by atoms with Gasteiger partial charge < -0.3 is 15.5 Å². The van der Waals surface area contributed by atoms with E-state index in [1.807, 2.05) is 6.07 Å². The number of nitrogens with zero attached hydrogens (tertiary/aromatic N) is 1. The van der Waals surface area contributed by atoms with Gasteiger partial charge in [-0.1, -0.05) is 12.1 Å². The summed E-state index contributed by atoms with van der Waals surface area (Å²) in [5.41, 5.74) is 3.67. The van der Waals surface area contributed by atoms with E-state index < -0.39 is 0 Å². The standard InChI is InChI=1S/C13H15N3O/c17-12-7-16-11-4-5-14-6-9(11)8-2-1-3-10(15-12)13(8)16/h1-3,9,11,14H,4-7H2,(H,15,17)/t9?,11-/m0/s1. The molecular formula is C13H15N3O. The first kappa shape index (κ1) is 9.48. The maximum Gasteiger partial charge on any atom is 0.243 e. The smallest absolute Gasteiger partial charge is 0.243 e. The molecule has 1 aromatic rings. The van der Waals surface area contributed by atoms with Crippen molar-refractivity contribution in [1.82, 2.24) is 5.32 Å². The van der Waals surface area contributed by atoms with E-state index in [1.165, 1.54) is 11.3 Å². The first-order valence-electron chi connectivity index (χ1n) is 6.25. The molecule has 4 nitrogen and oxygen atoms in total. The average Bonchev–Trinajstić information content (AvgIpc) is 2.67. The Morgan fingerprint density at radius 3 is 3.24 bits per heavy atom. The van der Waals surface area contributed by atoms with E-state index in [-0.39, 0.29) is 5.91 Å². The lowest BCUT2D eigenvalue weighted by Gasteiger charge is -2.35. The molecule has 2 atom stereocenters. The second-order valence-electron chi connectivity index (χ2n) is 5.09. The molecule has 0 radical (unpaired) electrons. The van der Waals surface area contributed by atoms with Gasteiger partial charge >= 0.3 is 0 Å². The molecule has 3 aliphatic rings. The van der Waals surface area contributed by atoms with Crippen LogP contribution in [-0.2, 0) is 4.79 Å². The Balaban J connectivity index is 1.90. The second-order valence-corrected chi connectivity index (χ2v) is 5.09. The van der Waals surface area contributed by atoms with Gasteiger partial charge in [-0.3, -0.25) is 4.79 Å². The van der Waals surface area contributed by atoms with E-state index in [0.717, 1.165) is 25.2 Å². The lowest BCUT2D eigenvalue weighted by atomic mass is 9.90. The molecule has 0 saturated carbocycles. The van der Waals surface area contributed by atoms with Gasteiger partial charge in [0.25, 0.3) is 0 Å². The molecule has 3 heterocycles. The fourth-order valence-electron chi connectivity index (χ4n) is 3.52. The van der Waals surface area contributed by atoms with Crippen LogP contribution in [0.1, 0.15) is 17.9 Å². The zero-order valence-electron chi connectivity index (χ0n) is 9.57. The van der Waals surface area contributed by atoms with E-state index in [2.05, 4.69) is 27.7 Å². The molecule has 1 fully saturated rings. The summed E-state index contributed by atoms with van der Waals surface area (Å²) in [6, 6.07) is 6.78. The quantitative estimate of drug-likeness (QED) is 0.695. The zero-order chi connectivity index (χ0) is 11.4. The van der Waals surface area contributed by atoms with E-state index in [1.54, 1.807) is 0 Å². The number of nitrogens with one attached hydrogen (secondary N) is 2. The number of rotatable bonds is 0. The molecule has 2 N–H and O–H groups in total. The molecule has 1 unspecified atom stereocenters. The molecule has 1 aromatic carbocycles. The van der Waals surface area contributed by atoms with Gasteiger partial charge in [-0.15, -0.1) is 0 Å². The molecule has 0 bridgehead atoms. The van der Waals surface area contributed by atoms with Gasteiger partial charge in [0.2, 0.25) is 5.91 Å². The molecule has 0 aromatic heterocycles. The van der Waals surface area contributed by atoms with Gasteiger partial charge in [0.05, 0.1) is 17.9 Å². The van der Waals surface area contributed by atoms with Crippen LogP contribution >= 0.6 is 0 Å². The molecule has 0 spiro atoms. The summed E-state index contributed by atoms with van der Waals surface area (Å²) < 4.78 is 0. The van der Waals surface area contributed by atoms with Gasteiger partial charge in [-0.2, -0.15) is 0 Å². The SMILES string of the molecule is O=C1CN2c3c(cccc3C3CNCC[C@@H]32)N1. The van der Waals surface area contributed by atoms with Crippen molar-refractivity contribution in [2.24, 2.45) is 0 Å². The van der Waals surface area contributed by atoms with Crippen molar-refractivity contribution in [3.8, 4) is 0 Å². The van der Waals surface area contributed by atoms with Crippen LogP contribution < -0.4 is 15.5 Å². The monoisotopic (exact) mass is 229 g/mol. The highest BCUT2D eigenvalue weighted by Gasteiger charge is 2.43. The van der Waals surface area contributed by atoms with Crippen LogP contribution in [0, 0.1) is 0 Å². The Kier molecular flexibility index (Phi) is 1.80. The van der Waals surface area contributed by atoms with Crippen LogP contribution in [0.2, 0.25) is 0 Å². The predicted octanol–water partition coefficient (Wildman–Crippen LogP) is 0.904. The van der Waals surface area contributed by atoms with Crippen molar-refractivity contribution in [3.63, 3.8) is 0 Å². The Labute approximate surface area is 100.0 Å². The number of para-hydroxylation sites is 1. The normalized spacial score (nSPS) is 29.6. The largest absolute Gasteiger partial charge is 0.357 e. The number of hydrogen-bond acceptors (Lipinski definition) is 3.